The lowest BCUT2D eigenvalue weighted by Crippen LogP contribution is -2.12. The van der Waals surface area contributed by atoms with Crippen molar-refractivity contribution in [1.82, 2.24) is 0 Å². The predicted octanol–water partition coefficient (Wildman–Crippen LogP) is 3.88. The van der Waals surface area contributed by atoms with Crippen molar-refractivity contribution in [2.45, 2.75) is 51.8 Å². The lowest BCUT2D eigenvalue weighted by Gasteiger charge is -2.12. The van der Waals surface area contributed by atoms with Crippen LogP contribution in [0.2, 0.25) is 0 Å². The number of alkyl halides is 1. The smallest absolute Gasteiger partial charge is 0.0701 e. The Hall–Kier alpha value is 0.170. The van der Waals surface area contributed by atoms with Gasteiger partial charge >= 0.3 is 0 Å². The number of rotatable bonds is 14. The molecule has 19 heavy (non-hydrogen) atoms. The highest BCUT2D eigenvalue weighted by atomic mass is 35.5. The molecule has 0 saturated heterocycles. The Morgan fingerprint density at radius 1 is 0.789 bits per heavy atom. The SMILES string of the molecule is CCCCOCCOCCOCCCC(Cl)C(C)C. The van der Waals surface area contributed by atoms with E-state index < -0.39 is 0 Å². The van der Waals surface area contributed by atoms with Crippen LogP contribution in [0.4, 0.5) is 0 Å². The first kappa shape index (κ1) is 19.2. The molecule has 0 aliphatic heterocycles. The van der Waals surface area contributed by atoms with Crippen LogP contribution >= 0.6 is 11.6 Å². The van der Waals surface area contributed by atoms with E-state index in [0.717, 1.165) is 32.5 Å². The van der Waals surface area contributed by atoms with E-state index in [1.54, 1.807) is 0 Å². The molecule has 0 N–H and O–H groups in total. The fourth-order valence-corrected chi connectivity index (χ4v) is 1.66. The zero-order valence-electron chi connectivity index (χ0n) is 12.8. The van der Waals surface area contributed by atoms with Crippen LogP contribution in [0.5, 0.6) is 0 Å². The van der Waals surface area contributed by atoms with Crippen LogP contribution in [0.25, 0.3) is 0 Å². The first-order valence-corrected chi connectivity index (χ1v) is 7.99. The predicted molar refractivity (Wildman–Crippen MR) is 81.1 cm³/mol. The van der Waals surface area contributed by atoms with Crippen LogP contribution in [0.3, 0.4) is 0 Å². The molecule has 0 heterocycles. The van der Waals surface area contributed by atoms with Crippen molar-refractivity contribution >= 4 is 11.6 Å². The van der Waals surface area contributed by atoms with Crippen molar-refractivity contribution in [2.75, 3.05) is 39.6 Å². The summed E-state index contributed by atoms with van der Waals surface area (Å²) in [6, 6.07) is 0. The Kier molecular flexibility index (Phi) is 14.7. The van der Waals surface area contributed by atoms with E-state index in [4.69, 9.17) is 25.8 Å². The van der Waals surface area contributed by atoms with Gasteiger partial charge in [0.2, 0.25) is 0 Å². The van der Waals surface area contributed by atoms with Gasteiger partial charge in [-0.3, -0.25) is 0 Å². The van der Waals surface area contributed by atoms with Crippen molar-refractivity contribution in [3.8, 4) is 0 Å². The van der Waals surface area contributed by atoms with Crippen LogP contribution in [0.1, 0.15) is 46.5 Å². The number of ether oxygens (including phenoxy) is 3. The largest absolute Gasteiger partial charge is 0.379 e. The highest BCUT2D eigenvalue weighted by molar-refractivity contribution is 6.20. The molecule has 0 aliphatic carbocycles. The zero-order chi connectivity index (χ0) is 14.3. The Balaban J connectivity index is 3.03. The van der Waals surface area contributed by atoms with E-state index in [1.807, 2.05) is 0 Å². The fourth-order valence-electron chi connectivity index (χ4n) is 1.50. The van der Waals surface area contributed by atoms with Crippen LogP contribution in [0.15, 0.2) is 0 Å². The van der Waals surface area contributed by atoms with Gasteiger partial charge in [-0.2, -0.15) is 0 Å². The molecule has 0 fully saturated rings. The molecule has 0 bridgehead atoms. The van der Waals surface area contributed by atoms with Gasteiger partial charge < -0.3 is 14.2 Å². The van der Waals surface area contributed by atoms with E-state index >= 15 is 0 Å². The van der Waals surface area contributed by atoms with Gasteiger partial charge in [-0.05, 0) is 25.2 Å². The van der Waals surface area contributed by atoms with Crippen LogP contribution in [-0.2, 0) is 14.2 Å². The Bertz CT molecular complexity index is 177. The second-order valence-corrected chi connectivity index (χ2v) is 5.65. The van der Waals surface area contributed by atoms with Crippen LogP contribution in [0, 0.1) is 5.92 Å². The van der Waals surface area contributed by atoms with Gasteiger partial charge in [-0.15, -0.1) is 11.6 Å². The summed E-state index contributed by atoms with van der Waals surface area (Å²) in [5.74, 6) is 0.540. The molecule has 116 valence electrons. The molecule has 3 nitrogen and oxygen atoms in total. The van der Waals surface area contributed by atoms with Crippen molar-refractivity contribution in [3.63, 3.8) is 0 Å². The standard InChI is InChI=1S/C15H31ClO3/c1-4-5-8-17-10-12-19-13-11-18-9-6-7-15(16)14(2)3/h14-15H,4-13H2,1-3H3. The summed E-state index contributed by atoms with van der Waals surface area (Å²) < 4.78 is 16.3. The summed E-state index contributed by atoms with van der Waals surface area (Å²) in [4.78, 5) is 0. The maximum atomic E-state index is 6.16. The Labute approximate surface area is 123 Å². The summed E-state index contributed by atoms with van der Waals surface area (Å²) in [6.07, 6.45) is 4.34. The minimum Gasteiger partial charge on any atom is -0.379 e. The van der Waals surface area contributed by atoms with Gasteiger partial charge in [0.25, 0.3) is 0 Å². The van der Waals surface area contributed by atoms with Gasteiger partial charge in [0, 0.05) is 18.6 Å². The molecule has 0 aromatic rings. The minimum absolute atomic E-state index is 0.264. The van der Waals surface area contributed by atoms with Gasteiger partial charge in [-0.25, -0.2) is 0 Å². The molecule has 0 aromatic carbocycles. The molecule has 4 heteroatoms. The normalized spacial score (nSPS) is 13.1. The van der Waals surface area contributed by atoms with Crippen molar-refractivity contribution in [2.24, 2.45) is 5.92 Å². The number of halogens is 1. The maximum absolute atomic E-state index is 6.16. The van der Waals surface area contributed by atoms with E-state index in [0.29, 0.717) is 32.3 Å². The molecule has 1 unspecified atom stereocenters. The van der Waals surface area contributed by atoms with Gasteiger partial charge in [0.05, 0.1) is 26.4 Å². The molecule has 0 aliphatic rings. The van der Waals surface area contributed by atoms with Crippen LogP contribution < -0.4 is 0 Å². The number of hydrogen-bond donors (Lipinski definition) is 0. The van der Waals surface area contributed by atoms with Gasteiger partial charge in [-0.1, -0.05) is 27.2 Å². The average Bonchev–Trinajstić information content (AvgIpc) is 2.39. The molecular weight excluding hydrogens is 264 g/mol. The third-order valence-electron chi connectivity index (χ3n) is 2.88. The first-order chi connectivity index (χ1) is 9.18. The highest BCUT2D eigenvalue weighted by Gasteiger charge is 2.08. The molecule has 0 spiro atoms. The second kappa shape index (κ2) is 14.6. The lowest BCUT2D eigenvalue weighted by molar-refractivity contribution is 0.0134. The van der Waals surface area contributed by atoms with E-state index in [-0.39, 0.29) is 5.38 Å². The van der Waals surface area contributed by atoms with Crippen LogP contribution in [-0.4, -0.2) is 45.0 Å². The molecule has 0 aromatic heterocycles. The number of hydrogen-bond acceptors (Lipinski definition) is 3. The second-order valence-electron chi connectivity index (χ2n) is 5.09. The number of unbranched alkanes of at least 4 members (excludes halogenated alkanes) is 1. The molecule has 0 radical (unpaired) electrons. The fraction of sp³-hybridized carbons (Fsp3) is 1.00. The maximum Gasteiger partial charge on any atom is 0.0701 e. The third-order valence-corrected chi connectivity index (χ3v) is 3.60. The summed E-state index contributed by atoms with van der Waals surface area (Å²) in [5.41, 5.74) is 0. The summed E-state index contributed by atoms with van der Waals surface area (Å²) >= 11 is 6.16. The van der Waals surface area contributed by atoms with Crippen molar-refractivity contribution in [3.05, 3.63) is 0 Å². The average molecular weight is 295 g/mol. The molecule has 0 amide bonds. The summed E-state index contributed by atoms with van der Waals surface area (Å²) in [5, 5.41) is 0.264. The van der Waals surface area contributed by atoms with Gasteiger partial charge in [0.15, 0.2) is 0 Å². The molecular formula is C15H31ClO3. The van der Waals surface area contributed by atoms with Crippen molar-refractivity contribution < 1.29 is 14.2 Å². The van der Waals surface area contributed by atoms with E-state index in [9.17, 15) is 0 Å². The quantitative estimate of drug-likeness (QED) is 0.359. The topological polar surface area (TPSA) is 27.7 Å². The third kappa shape index (κ3) is 14.4. The highest BCUT2D eigenvalue weighted by Crippen LogP contribution is 2.14. The van der Waals surface area contributed by atoms with E-state index in [2.05, 4.69) is 20.8 Å². The molecule has 0 rings (SSSR count). The lowest BCUT2D eigenvalue weighted by atomic mass is 10.1. The summed E-state index contributed by atoms with van der Waals surface area (Å²) in [7, 11) is 0. The van der Waals surface area contributed by atoms with E-state index in [1.165, 1.54) is 6.42 Å². The summed E-state index contributed by atoms with van der Waals surface area (Å²) in [6.45, 7) is 10.7. The van der Waals surface area contributed by atoms with Crippen molar-refractivity contribution in [1.29, 1.82) is 0 Å². The Morgan fingerprint density at radius 2 is 1.26 bits per heavy atom. The Morgan fingerprint density at radius 3 is 1.74 bits per heavy atom. The zero-order valence-corrected chi connectivity index (χ0v) is 13.6. The molecule has 0 saturated carbocycles. The minimum atomic E-state index is 0.264. The molecule has 1 atom stereocenters. The monoisotopic (exact) mass is 294 g/mol. The first-order valence-electron chi connectivity index (χ1n) is 7.55. The van der Waals surface area contributed by atoms with Gasteiger partial charge in [0.1, 0.15) is 0 Å².